The minimum atomic E-state index is -0.594. The summed E-state index contributed by atoms with van der Waals surface area (Å²) in [5.74, 6) is 0.868. The topological polar surface area (TPSA) is 105 Å². The molecule has 3 amide bonds. The van der Waals surface area contributed by atoms with Crippen LogP contribution in [-0.4, -0.2) is 51.5 Å². The van der Waals surface area contributed by atoms with E-state index in [1.807, 2.05) is 42.6 Å². The molecule has 0 fully saturated rings. The van der Waals surface area contributed by atoms with Gasteiger partial charge in [0, 0.05) is 10.7 Å². The predicted octanol–water partition coefficient (Wildman–Crippen LogP) is 3.25. The van der Waals surface area contributed by atoms with E-state index < -0.39 is 11.9 Å². The van der Waals surface area contributed by atoms with E-state index >= 15 is 0 Å². The van der Waals surface area contributed by atoms with Crippen molar-refractivity contribution in [2.45, 2.75) is 24.7 Å². The highest BCUT2D eigenvalue weighted by atomic mass is 35.5. The minimum absolute atomic E-state index is 0.00373. The molecule has 1 aromatic carbocycles. The normalized spacial score (nSPS) is 12.0. The lowest BCUT2D eigenvalue weighted by atomic mass is 10.2. The van der Waals surface area contributed by atoms with E-state index in [2.05, 4.69) is 20.8 Å². The molecule has 0 aliphatic carbocycles. The predicted molar refractivity (Wildman–Crippen MR) is 118 cm³/mol. The first-order valence-corrected chi connectivity index (χ1v) is 10.8. The third kappa shape index (κ3) is 6.09. The number of furan rings is 1. The molecule has 11 heteroatoms. The summed E-state index contributed by atoms with van der Waals surface area (Å²) >= 11 is 7.21. The lowest BCUT2D eigenvalue weighted by Crippen LogP contribution is -2.39. The summed E-state index contributed by atoms with van der Waals surface area (Å²) in [7, 11) is 3.90. The van der Waals surface area contributed by atoms with Crippen LogP contribution in [0, 0.1) is 0 Å². The molecule has 0 aliphatic rings. The van der Waals surface area contributed by atoms with Crippen LogP contribution in [0.2, 0.25) is 5.02 Å². The molecule has 3 rings (SSSR count). The SMILES string of the molecule is C[C@@H](c1nnc(SCC(=O)NC(=O)NCc2ccco2)n1-c1ccc(Cl)cc1)N(C)C. The summed E-state index contributed by atoms with van der Waals surface area (Å²) in [4.78, 5) is 26.1. The average molecular weight is 463 g/mol. The van der Waals surface area contributed by atoms with E-state index in [4.69, 9.17) is 16.0 Å². The van der Waals surface area contributed by atoms with Gasteiger partial charge in [-0.25, -0.2) is 4.79 Å². The van der Waals surface area contributed by atoms with Crippen molar-refractivity contribution >= 4 is 35.3 Å². The first-order valence-electron chi connectivity index (χ1n) is 9.45. The molecule has 0 bridgehead atoms. The first kappa shape index (κ1) is 22.9. The second-order valence-corrected chi connectivity index (χ2v) is 8.27. The second kappa shape index (κ2) is 10.5. The van der Waals surface area contributed by atoms with E-state index in [0.717, 1.165) is 11.5 Å². The maximum absolute atomic E-state index is 12.2. The maximum Gasteiger partial charge on any atom is 0.321 e. The van der Waals surface area contributed by atoms with Gasteiger partial charge in [0.1, 0.15) is 5.76 Å². The molecule has 31 heavy (non-hydrogen) atoms. The van der Waals surface area contributed by atoms with Crippen LogP contribution in [0.25, 0.3) is 5.69 Å². The molecule has 0 spiro atoms. The highest BCUT2D eigenvalue weighted by molar-refractivity contribution is 7.99. The molecular formula is C20H23ClN6O3S. The number of carbonyl (C=O) groups is 2. The number of nitrogens with one attached hydrogen (secondary N) is 2. The van der Waals surface area contributed by atoms with Crippen LogP contribution in [0.5, 0.6) is 0 Å². The number of aromatic nitrogens is 3. The number of nitrogens with zero attached hydrogens (tertiary/aromatic N) is 4. The van der Waals surface area contributed by atoms with Crippen LogP contribution >= 0.6 is 23.4 Å². The summed E-state index contributed by atoms with van der Waals surface area (Å²) < 4.78 is 7.02. The Hall–Kier alpha value is -2.82. The largest absolute Gasteiger partial charge is 0.467 e. The van der Waals surface area contributed by atoms with Gasteiger partial charge in [-0.05, 0) is 57.4 Å². The highest BCUT2D eigenvalue weighted by Crippen LogP contribution is 2.27. The van der Waals surface area contributed by atoms with Gasteiger partial charge >= 0.3 is 6.03 Å². The number of rotatable bonds is 8. The van der Waals surface area contributed by atoms with Gasteiger partial charge in [0.15, 0.2) is 11.0 Å². The van der Waals surface area contributed by atoms with Crippen molar-refractivity contribution in [1.29, 1.82) is 0 Å². The molecule has 0 aliphatic heterocycles. The second-order valence-electron chi connectivity index (χ2n) is 6.89. The fraction of sp³-hybridized carbons (Fsp3) is 0.300. The zero-order chi connectivity index (χ0) is 22.4. The third-order valence-electron chi connectivity index (χ3n) is 4.48. The standard InChI is InChI=1S/C20H23ClN6O3S/c1-13(26(2)3)18-24-25-20(27(18)15-8-6-14(21)7-9-15)31-12-17(28)23-19(29)22-11-16-5-4-10-30-16/h4-10,13H,11-12H2,1-3H3,(H2,22,23,28,29)/t13-/m0/s1. The molecule has 2 aromatic heterocycles. The number of thioether (sulfide) groups is 1. The third-order valence-corrected chi connectivity index (χ3v) is 5.66. The molecular weight excluding hydrogens is 440 g/mol. The van der Waals surface area contributed by atoms with E-state index in [1.165, 1.54) is 18.0 Å². The molecule has 3 aromatic rings. The molecule has 2 heterocycles. The molecule has 0 saturated heterocycles. The van der Waals surface area contributed by atoms with Crippen molar-refractivity contribution in [3.63, 3.8) is 0 Å². The van der Waals surface area contributed by atoms with Crippen molar-refractivity contribution in [2.24, 2.45) is 0 Å². The van der Waals surface area contributed by atoms with Crippen LogP contribution in [0.3, 0.4) is 0 Å². The summed E-state index contributed by atoms with van der Waals surface area (Å²) in [5, 5.41) is 14.6. The molecule has 0 saturated carbocycles. The van der Waals surface area contributed by atoms with Crippen LogP contribution in [0.15, 0.2) is 52.2 Å². The average Bonchev–Trinajstić information content (AvgIpc) is 3.40. The monoisotopic (exact) mass is 462 g/mol. The minimum Gasteiger partial charge on any atom is -0.467 e. The molecule has 164 valence electrons. The van der Waals surface area contributed by atoms with Gasteiger partial charge < -0.3 is 9.73 Å². The van der Waals surface area contributed by atoms with Crippen LogP contribution < -0.4 is 10.6 Å². The van der Waals surface area contributed by atoms with Crippen molar-refractivity contribution in [3.8, 4) is 5.69 Å². The van der Waals surface area contributed by atoms with Gasteiger partial charge in [0.05, 0.1) is 24.6 Å². The van der Waals surface area contributed by atoms with Gasteiger partial charge in [-0.15, -0.1) is 10.2 Å². The summed E-state index contributed by atoms with van der Waals surface area (Å²) in [5.41, 5.74) is 0.831. The Bertz CT molecular complexity index is 1020. The smallest absolute Gasteiger partial charge is 0.321 e. The number of hydrogen-bond acceptors (Lipinski definition) is 7. The van der Waals surface area contributed by atoms with Gasteiger partial charge in [0.25, 0.3) is 0 Å². The highest BCUT2D eigenvalue weighted by Gasteiger charge is 2.21. The Balaban J connectivity index is 1.67. The number of hydrogen-bond donors (Lipinski definition) is 2. The van der Waals surface area contributed by atoms with Gasteiger partial charge in [0.2, 0.25) is 5.91 Å². The zero-order valence-corrected chi connectivity index (χ0v) is 18.9. The number of halogens is 1. The summed E-state index contributed by atoms with van der Waals surface area (Å²) in [6.07, 6.45) is 1.51. The van der Waals surface area contributed by atoms with Crippen molar-refractivity contribution in [3.05, 3.63) is 59.3 Å². The van der Waals surface area contributed by atoms with Gasteiger partial charge in [-0.1, -0.05) is 23.4 Å². The fourth-order valence-electron chi connectivity index (χ4n) is 2.63. The Morgan fingerprint density at radius 1 is 1.23 bits per heavy atom. The molecule has 1 atom stereocenters. The summed E-state index contributed by atoms with van der Waals surface area (Å²) in [6.45, 7) is 2.21. The lowest BCUT2D eigenvalue weighted by molar-refractivity contribution is -0.117. The Kier molecular flexibility index (Phi) is 7.72. The number of urea groups is 1. The van der Waals surface area contributed by atoms with Crippen LogP contribution in [0.4, 0.5) is 4.79 Å². The van der Waals surface area contributed by atoms with Crippen LogP contribution in [0.1, 0.15) is 24.6 Å². The van der Waals surface area contributed by atoms with Gasteiger partial charge in [-0.3, -0.25) is 19.6 Å². The molecule has 0 unspecified atom stereocenters. The molecule has 9 nitrogen and oxygen atoms in total. The number of imide groups is 1. The van der Waals surface area contributed by atoms with Crippen LogP contribution in [-0.2, 0) is 11.3 Å². The Labute approximate surface area is 189 Å². The van der Waals surface area contributed by atoms with E-state index in [1.54, 1.807) is 24.3 Å². The number of amides is 3. The number of carbonyl (C=O) groups excluding carboxylic acids is 2. The Morgan fingerprint density at radius 3 is 2.61 bits per heavy atom. The Morgan fingerprint density at radius 2 is 1.97 bits per heavy atom. The fourth-order valence-corrected chi connectivity index (χ4v) is 3.51. The summed E-state index contributed by atoms with van der Waals surface area (Å²) in [6, 6.07) is 10.1. The van der Waals surface area contributed by atoms with Crippen molar-refractivity contribution in [1.82, 2.24) is 30.3 Å². The van der Waals surface area contributed by atoms with E-state index in [9.17, 15) is 9.59 Å². The van der Waals surface area contributed by atoms with E-state index in [-0.39, 0.29) is 18.3 Å². The van der Waals surface area contributed by atoms with E-state index in [0.29, 0.717) is 15.9 Å². The molecule has 2 N–H and O–H groups in total. The number of benzene rings is 1. The van der Waals surface area contributed by atoms with Crippen molar-refractivity contribution in [2.75, 3.05) is 19.8 Å². The van der Waals surface area contributed by atoms with Gasteiger partial charge in [-0.2, -0.15) is 0 Å². The lowest BCUT2D eigenvalue weighted by Gasteiger charge is -2.20. The van der Waals surface area contributed by atoms with Crippen molar-refractivity contribution < 1.29 is 14.0 Å². The quantitative estimate of drug-likeness (QED) is 0.495. The first-order chi connectivity index (χ1) is 14.8. The molecule has 0 radical (unpaired) electrons. The zero-order valence-electron chi connectivity index (χ0n) is 17.3. The maximum atomic E-state index is 12.2.